The summed E-state index contributed by atoms with van der Waals surface area (Å²) in [7, 11) is 1.62. The fourth-order valence-corrected chi connectivity index (χ4v) is 5.35. The first kappa shape index (κ1) is 22.7. The van der Waals surface area contributed by atoms with Crippen LogP contribution in [0.4, 0.5) is 0 Å². The van der Waals surface area contributed by atoms with Gasteiger partial charge in [-0.3, -0.25) is 4.57 Å². The maximum absolute atomic E-state index is 10.8. The topological polar surface area (TPSA) is 96.8 Å². The van der Waals surface area contributed by atoms with Crippen LogP contribution in [0.25, 0.3) is 32.9 Å². The number of para-hydroxylation sites is 2. The van der Waals surface area contributed by atoms with E-state index in [-0.39, 0.29) is 17.1 Å². The Morgan fingerprint density at radius 1 is 1.06 bits per heavy atom. The molecule has 0 aliphatic heterocycles. The monoisotopic (exact) mass is 497 g/mol. The number of allylic oxidation sites excluding steroid dienone is 1. The van der Waals surface area contributed by atoms with E-state index in [1.807, 2.05) is 83.4 Å². The molecule has 2 heterocycles. The van der Waals surface area contributed by atoms with E-state index in [0.717, 1.165) is 27.2 Å². The number of rotatable bonds is 7. The van der Waals surface area contributed by atoms with Crippen molar-refractivity contribution in [2.24, 2.45) is 0 Å². The molecule has 0 radical (unpaired) electrons. The van der Waals surface area contributed by atoms with Gasteiger partial charge < -0.3 is 9.84 Å². The van der Waals surface area contributed by atoms with Crippen LogP contribution in [0.3, 0.4) is 0 Å². The Morgan fingerprint density at radius 2 is 1.86 bits per heavy atom. The number of nitrogens with zero attached hydrogens (tertiary/aromatic N) is 5. The number of nitriles is 1. The maximum Gasteiger partial charge on any atom is 0.196 e. The van der Waals surface area contributed by atoms with E-state index >= 15 is 0 Å². The van der Waals surface area contributed by atoms with Gasteiger partial charge in [0.15, 0.2) is 11.0 Å². The zero-order valence-electron chi connectivity index (χ0n) is 18.6. The molecule has 7 nitrogen and oxygen atoms in total. The van der Waals surface area contributed by atoms with Gasteiger partial charge in [0.1, 0.15) is 28.2 Å². The summed E-state index contributed by atoms with van der Waals surface area (Å²) in [5.41, 5.74) is 2.69. The minimum atomic E-state index is -0.0536. The van der Waals surface area contributed by atoms with Crippen molar-refractivity contribution in [1.29, 1.82) is 5.26 Å². The molecule has 0 saturated carbocycles. The van der Waals surface area contributed by atoms with Crippen molar-refractivity contribution in [3.05, 3.63) is 89.6 Å². The first-order valence-electron chi connectivity index (χ1n) is 10.6. The predicted molar refractivity (Wildman–Crippen MR) is 139 cm³/mol. The minimum absolute atomic E-state index is 0.0536. The van der Waals surface area contributed by atoms with Crippen LogP contribution in [0.2, 0.25) is 0 Å². The summed E-state index contributed by atoms with van der Waals surface area (Å²) in [6, 6.07) is 27.1. The third kappa shape index (κ3) is 4.62. The molecule has 172 valence electrons. The van der Waals surface area contributed by atoms with E-state index in [4.69, 9.17) is 4.74 Å². The standard InChI is InChI=1S/C26H19N5O2S2/c1-33-19-11-7-8-17(14-19)24-29-30-26(31(24)18-9-3-2-4-10-18)34-16-22(32)20(15-27)25-28-21-12-5-6-13-23(21)35-25/h2-14,32H,16H2,1H3/b22-20-. The number of methoxy groups -OCH3 is 1. The predicted octanol–water partition coefficient (Wildman–Crippen LogP) is 6.14. The largest absolute Gasteiger partial charge is 0.510 e. The molecule has 0 bridgehead atoms. The number of aliphatic hydroxyl groups excluding tert-OH is 1. The second-order valence-electron chi connectivity index (χ2n) is 7.42. The Balaban J connectivity index is 1.50. The molecule has 0 spiro atoms. The minimum Gasteiger partial charge on any atom is -0.510 e. The Morgan fingerprint density at radius 3 is 2.63 bits per heavy atom. The highest BCUT2D eigenvalue weighted by Crippen LogP contribution is 2.32. The van der Waals surface area contributed by atoms with Gasteiger partial charge in [-0.05, 0) is 36.4 Å². The lowest BCUT2D eigenvalue weighted by atomic mass is 10.2. The number of aliphatic hydroxyl groups is 1. The van der Waals surface area contributed by atoms with Crippen molar-refractivity contribution < 1.29 is 9.84 Å². The Bertz CT molecular complexity index is 1530. The molecule has 0 aliphatic rings. The highest BCUT2D eigenvalue weighted by atomic mass is 32.2. The molecular weight excluding hydrogens is 478 g/mol. The second kappa shape index (κ2) is 10.0. The van der Waals surface area contributed by atoms with Gasteiger partial charge in [0.25, 0.3) is 0 Å². The Hall–Kier alpha value is -4.13. The number of ether oxygens (including phenoxy) is 1. The summed E-state index contributed by atoms with van der Waals surface area (Å²) in [6.07, 6.45) is 0. The highest BCUT2D eigenvalue weighted by molar-refractivity contribution is 7.99. The lowest BCUT2D eigenvalue weighted by molar-refractivity contribution is 0.415. The number of aromatic nitrogens is 4. The fourth-order valence-electron chi connectivity index (χ4n) is 3.54. The fraction of sp³-hybridized carbons (Fsp3) is 0.0769. The van der Waals surface area contributed by atoms with Crippen LogP contribution in [0, 0.1) is 11.3 Å². The summed E-state index contributed by atoms with van der Waals surface area (Å²) in [6.45, 7) is 0. The smallest absolute Gasteiger partial charge is 0.196 e. The van der Waals surface area contributed by atoms with E-state index < -0.39 is 0 Å². The third-order valence-electron chi connectivity index (χ3n) is 5.22. The van der Waals surface area contributed by atoms with E-state index in [9.17, 15) is 10.4 Å². The normalized spacial score (nSPS) is 11.8. The van der Waals surface area contributed by atoms with Gasteiger partial charge in [-0.2, -0.15) is 5.26 Å². The second-order valence-corrected chi connectivity index (χ2v) is 9.39. The van der Waals surface area contributed by atoms with E-state index in [0.29, 0.717) is 16.0 Å². The molecule has 3 aromatic carbocycles. The molecule has 0 unspecified atom stereocenters. The number of thioether (sulfide) groups is 1. The number of benzene rings is 3. The van der Waals surface area contributed by atoms with Crippen molar-refractivity contribution in [1.82, 2.24) is 19.7 Å². The number of thiazole rings is 1. The van der Waals surface area contributed by atoms with Gasteiger partial charge in [0, 0.05) is 11.3 Å². The van der Waals surface area contributed by atoms with Gasteiger partial charge >= 0.3 is 0 Å². The summed E-state index contributed by atoms with van der Waals surface area (Å²) in [5.74, 6) is 1.45. The van der Waals surface area contributed by atoms with Crippen molar-refractivity contribution >= 4 is 38.9 Å². The Kier molecular flexibility index (Phi) is 6.48. The van der Waals surface area contributed by atoms with Crippen LogP contribution in [0.5, 0.6) is 5.75 Å². The average molecular weight is 498 g/mol. The van der Waals surface area contributed by atoms with Crippen molar-refractivity contribution in [2.45, 2.75) is 5.16 Å². The van der Waals surface area contributed by atoms with Crippen LogP contribution in [0.15, 0.2) is 89.8 Å². The van der Waals surface area contributed by atoms with Crippen LogP contribution in [-0.2, 0) is 0 Å². The van der Waals surface area contributed by atoms with Crippen LogP contribution in [-0.4, -0.2) is 37.7 Å². The summed E-state index contributed by atoms with van der Waals surface area (Å²) in [5, 5.41) is 30.5. The van der Waals surface area contributed by atoms with Crippen LogP contribution >= 0.6 is 23.1 Å². The summed E-state index contributed by atoms with van der Waals surface area (Å²) >= 11 is 2.68. The Labute approximate surface area is 210 Å². The van der Waals surface area contributed by atoms with Gasteiger partial charge in [-0.15, -0.1) is 21.5 Å². The molecule has 0 atom stereocenters. The maximum atomic E-state index is 10.8. The molecule has 5 aromatic rings. The third-order valence-corrected chi connectivity index (χ3v) is 7.22. The van der Waals surface area contributed by atoms with Gasteiger partial charge in [-0.1, -0.05) is 54.2 Å². The van der Waals surface area contributed by atoms with E-state index in [1.54, 1.807) is 7.11 Å². The van der Waals surface area contributed by atoms with Crippen molar-refractivity contribution in [3.8, 4) is 28.9 Å². The van der Waals surface area contributed by atoms with Gasteiger partial charge in [-0.25, -0.2) is 4.98 Å². The molecular formula is C26H19N5O2S2. The van der Waals surface area contributed by atoms with E-state index in [2.05, 4.69) is 21.3 Å². The highest BCUT2D eigenvalue weighted by Gasteiger charge is 2.19. The molecule has 35 heavy (non-hydrogen) atoms. The zero-order chi connectivity index (χ0) is 24.2. The molecule has 0 fully saturated rings. The quantitative estimate of drug-likeness (QED) is 0.164. The summed E-state index contributed by atoms with van der Waals surface area (Å²) < 4.78 is 8.26. The zero-order valence-corrected chi connectivity index (χ0v) is 20.3. The van der Waals surface area contributed by atoms with Gasteiger partial charge in [0.05, 0.1) is 23.1 Å². The van der Waals surface area contributed by atoms with Crippen molar-refractivity contribution in [3.63, 3.8) is 0 Å². The number of hydrogen-bond acceptors (Lipinski definition) is 8. The summed E-state index contributed by atoms with van der Waals surface area (Å²) in [4.78, 5) is 4.51. The first-order valence-corrected chi connectivity index (χ1v) is 12.4. The number of hydrogen-bond donors (Lipinski definition) is 1. The lowest BCUT2D eigenvalue weighted by Crippen LogP contribution is -2.01. The first-order chi connectivity index (χ1) is 17.2. The van der Waals surface area contributed by atoms with Crippen LogP contribution < -0.4 is 4.74 Å². The number of fused-ring (bicyclic) bond motifs is 1. The molecule has 5 rings (SSSR count). The lowest BCUT2D eigenvalue weighted by Gasteiger charge is -2.11. The molecule has 2 aromatic heterocycles. The SMILES string of the molecule is COc1cccc(-c2nnc(SC/C(O)=C(\C#N)c3nc4ccccc4s3)n2-c2ccccc2)c1. The van der Waals surface area contributed by atoms with Crippen LogP contribution in [0.1, 0.15) is 5.01 Å². The molecule has 1 N–H and O–H groups in total. The van der Waals surface area contributed by atoms with Gasteiger partial charge in [0.2, 0.25) is 0 Å². The molecule has 0 amide bonds. The van der Waals surface area contributed by atoms with E-state index in [1.165, 1.54) is 23.1 Å². The molecule has 9 heteroatoms. The average Bonchev–Trinajstić information content (AvgIpc) is 3.53. The van der Waals surface area contributed by atoms with Crippen molar-refractivity contribution in [2.75, 3.05) is 12.9 Å². The molecule has 0 saturated heterocycles. The molecule has 0 aliphatic carbocycles.